The highest BCUT2D eigenvalue weighted by Crippen LogP contribution is 2.24. The number of nitrogens with zero attached hydrogens (tertiary/aromatic N) is 2. The first-order chi connectivity index (χ1) is 7.72. The van der Waals surface area contributed by atoms with E-state index < -0.39 is 0 Å². The molecule has 0 aliphatic heterocycles. The third-order valence-corrected chi connectivity index (χ3v) is 3.52. The average Bonchev–Trinajstić information content (AvgIpc) is 2.86. The van der Waals surface area contributed by atoms with E-state index in [4.69, 9.17) is 4.74 Å². The number of nitrogens with one attached hydrogen (secondary N) is 1. The van der Waals surface area contributed by atoms with Gasteiger partial charge < -0.3 is 10.1 Å². The minimum atomic E-state index is 0.327. The molecule has 1 aliphatic rings. The number of methoxy groups -OCH3 is 1. The van der Waals surface area contributed by atoms with E-state index in [1.165, 1.54) is 25.0 Å². The predicted molar refractivity (Wildman–Crippen MR) is 63.2 cm³/mol. The molecular formula is C12H21N3O. The summed E-state index contributed by atoms with van der Waals surface area (Å²) >= 11 is 0. The van der Waals surface area contributed by atoms with E-state index in [1.54, 1.807) is 7.11 Å². The van der Waals surface area contributed by atoms with Crippen LogP contribution in [-0.2, 0) is 11.8 Å². The van der Waals surface area contributed by atoms with Crippen LogP contribution in [0.15, 0.2) is 12.3 Å². The standard InChI is InChI=1S/C12H21N3O/c1-9(11-7-8-13-15(11)2)14-10-5-4-6-12(10)16-3/h7-10,12,14H,4-6H2,1-3H3. The third kappa shape index (κ3) is 2.28. The van der Waals surface area contributed by atoms with E-state index in [2.05, 4.69) is 23.4 Å². The Morgan fingerprint density at radius 1 is 1.56 bits per heavy atom. The summed E-state index contributed by atoms with van der Waals surface area (Å²) in [5.41, 5.74) is 1.22. The fourth-order valence-electron chi connectivity index (χ4n) is 2.61. The summed E-state index contributed by atoms with van der Waals surface area (Å²) in [7, 11) is 3.79. The van der Waals surface area contributed by atoms with Crippen molar-refractivity contribution < 1.29 is 4.74 Å². The van der Waals surface area contributed by atoms with E-state index >= 15 is 0 Å². The minimum absolute atomic E-state index is 0.327. The summed E-state index contributed by atoms with van der Waals surface area (Å²) < 4.78 is 7.41. The van der Waals surface area contributed by atoms with Gasteiger partial charge in [-0.2, -0.15) is 5.10 Å². The number of hydrogen-bond acceptors (Lipinski definition) is 3. The van der Waals surface area contributed by atoms with Crippen molar-refractivity contribution in [3.8, 4) is 0 Å². The van der Waals surface area contributed by atoms with Gasteiger partial charge in [0.1, 0.15) is 0 Å². The largest absolute Gasteiger partial charge is 0.380 e. The minimum Gasteiger partial charge on any atom is -0.380 e. The molecule has 0 spiro atoms. The molecule has 0 aromatic carbocycles. The Kier molecular flexibility index (Phi) is 3.61. The lowest BCUT2D eigenvalue weighted by atomic mass is 10.1. The van der Waals surface area contributed by atoms with Crippen LogP contribution in [0.2, 0.25) is 0 Å². The highest BCUT2D eigenvalue weighted by molar-refractivity contribution is 5.06. The molecule has 4 nitrogen and oxygen atoms in total. The second kappa shape index (κ2) is 4.97. The monoisotopic (exact) mass is 223 g/mol. The second-order valence-corrected chi connectivity index (χ2v) is 4.58. The van der Waals surface area contributed by atoms with Gasteiger partial charge in [-0.3, -0.25) is 4.68 Å². The van der Waals surface area contributed by atoms with Gasteiger partial charge in [0, 0.05) is 32.4 Å². The number of ether oxygens (including phenoxy) is 1. The third-order valence-electron chi connectivity index (χ3n) is 3.52. The fourth-order valence-corrected chi connectivity index (χ4v) is 2.61. The molecule has 90 valence electrons. The van der Waals surface area contributed by atoms with E-state index in [9.17, 15) is 0 Å². The van der Waals surface area contributed by atoms with Gasteiger partial charge in [-0.25, -0.2) is 0 Å². The topological polar surface area (TPSA) is 39.1 Å². The maximum Gasteiger partial charge on any atom is 0.0724 e. The number of aromatic nitrogens is 2. The van der Waals surface area contributed by atoms with Gasteiger partial charge in [0.15, 0.2) is 0 Å². The van der Waals surface area contributed by atoms with Crippen molar-refractivity contribution in [2.24, 2.45) is 7.05 Å². The van der Waals surface area contributed by atoms with Crippen molar-refractivity contribution >= 4 is 0 Å². The highest BCUT2D eigenvalue weighted by Gasteiger charge is 2.28. The number of aryl methyl sites for hydroxylation is 1. The Morgan fingerprint density at radius 3 is 3.00 bits per heavy atom. The zero-order valence-corrected chi connectivity index (χ0v) is 10.3. The van der Waals surface area contributed by atoms with E-state index in [0.29, 0.717) is 18.2 Å². The van der Waals surface area contributed by atoms with Gasteiger partial charge in [-0.1, -0.05) is 0 Å². The predicted octanol–water partition coefficient (Wildman–Crippen LogP) is 1.64. The molecular weight excluding hydrogens is 202 g/mol. The first-order valence-electron chi connectivity index (χ1n) is 5.99. The summed E-state index contributed by atoms with van der Waals surface area (Å²) in [5.74, 6) is 0. The number of rotatable bonds is 4. The van der Waals surface area contributed by atoms with Gasteiger partial charge >= 0.3 is 0 Å². The molecule has 0 amide bonds. The zero-order valence-electron chi connectivity index (χ0n) is 10.3. The summed E-state index contributed by atoms with van der Waals surface area (Å²) in [6.07, 6.45) is 5.85. The fraction of sp³-hybridized carbons (Fsp3) is 0.750. The quantitative estimate of drug-likeness (QED) is 0.843. The molecule has 3 unspecified atom stereocenters. The molecule has 3 atom stereocenters. The van der Waals surface area contributed by atoms with E-state index in [1.807, 2.05) is 17.9 Å². The van der Waals surface area contributed by atoms with Crippen LogP contribution < -0.4 is 5.32 Å². The van der Waals surface area contributed by atoms with Gasteiger partial charge in [0.05, 0.1) is 11.8 Å². The Balaban J connectivity index is 1.97. The van der Waals surface area contributed by atoms with Crippen molar-refractivity contribution in [3.05, 3.63) is 18.0 Å². The molecule has 1 aromatic rings. The molecule has 0 saturated heterocycles. The van der Waals surface area contributed by atoms with Crippen LogP contribution in [0.4, 0.5) is 0 Å². The van der Waals surface area contributed by atoms with Crippen LogP contribution in [0.5, 0.6) is 0 Å². The smallest absolute Gasteiger partial charge is 0.0724 e. The van der Waals surface area contributed by atoms with Crippen LogP contribution >= 0.6 is 0 Å². The second-order valence-electron chi connectivity index (χ2n) is 4.58. The van der Waals surface area contributed by atoms with Crippen molar-refractivity contribution in [2.75, 3.05) is 7.11 Å². The number of hydrogen-bond donors (Lipinski definition) is 1. The van der Waals surface area contributed by atoms with E-state index in [0.717, 1.165) is 0 Å². The summed E-state index contributed by atoms with van der Waals surface area (Å²) in [4.78, 5) is 0. The molecule has 1 saturated carbocycles. The molecule has 0 bridgehead atoms. The van der Waals surface area contributed by atoms with E-state index in [-0.39, 0.29) is 0 Å². The van der Waals surface area contributed by atoms with Crippen molar-refractivity contribution in [2.45, 2.75) is 44.4 Å². The lowest BCUT2D eigenvalue weighted by molar-refractivity contribution is 0.0816. The van der Waals surface area contributed by atoms with Crippen LogP contribution in [0, 0.1) is 0 Å². The summed E-state index contributed by atoms with van der Waals surface area (Å²) in [5, 5.41) is 7.83. The summed E-state index contributed by atoms with van der Waals surface area (Å²) in [6, 6.07) is 2.87. The molecule has 1 aromatic heterocycles. The normalized spacial score (nSPS) is 27.2. The molecule has 4 heteroatoms. The van der Waals surface area contributed by atoms with Crippen molar-refractivity contribution in [3.63, 3.8) is 0 Å². The highest BCUT2D eigenvalue weighted by atomic mass is 16.5. The van der Waals surface area contributed by atoms with Crippen molar-refractivity contribution in [1.82, 2.24) is 15.1 Å². The SMILES string of the molecule is COC1CCCC1NC(C)c1ccnn1C. The van der Waals surface area contributed by atoms with Crippen molar-refractivity contribution in [1.29, 1.82) is 0 Å². The lowest BCUT2D eigenvalue weighted by Gasteiger charge is -2.24. The molecule has 1 heterocycles. The first kappa shape index (κ1) is 11.6. The molecule has 16 heavy (non-hydrogen) atoms. The first-order valence-corrected chi connectivity index (χ1v) is 5.99. The maximum atomic E-state index is 5.49. The molecule has 0 radical (unpaired) electrons. The van der Waals surface area contributed by atoms with Crippen LogP contribution in [0.3, 0.4) is 0 Å². The van der Waals surface area contributed by atoms with Gasteiger partial charge in [-0.15, -0.1) is 0 Å². The Labute approximate surface area is 97.0 Å². The Bertz CT molecular complexity index is 337. The Hall–Kier alpha value is -0.870. The van der Waals surface area contributed by atoms with Gasteiger partial charge in [0.2, 0.25) is 0 Å². The molecule has 2 rings (SSSR count). The van der Waals surface area contributed by atoms with Gasteiger partial charge in [0.25, 0.3) is 0 Å². The molecule has 1 fully saturated rings. The van der Waals surface area contributed by atoms with Crippen LogP contribution in [0.1, 0.15) is 37.9 Å². The lowest BCUT2D eigenvalue weighted by Crippen LogP contribution is -2.38. The Morgan fingerprint density at radius 2 is 2.38 bits per heavy atom. The van der Waals surface area contributed by atoms with Gasteiger partial charge in [-0.05, 0) is 32.3 Å². The average molecular weight is 223 g/mol. The maximum absolute atomic E-state index is 5.49. The summed E-state index contributed by atoms with van der Waals surface area (Å²) in [6.45, 7) is 2.18. The van der Waals surface area contributed by atoms with Crippen LogP contribution in [-0.4, -0.2) is 29.0 Å². The van der Waals surface area contributed by atoms with Crippen LogP contribution in [0.25, 0.3) is 0 Å². The molecule has 1 aliphatic carbocycles. The zero-order chi connectivity index (χ0) is 11.5. The molecule has 1 N–H and O–H groups in total.